The first kappa shape index (κ1) is 12.2. The molecule has 0 aliphatic carbocycles. The van der Waals surface area contributed by atoms with E-state index in [9.17, 15) is 4.39 Å². The average molecular weight is 239 g/mol. The minimum atomic E-state index is -0.331. The molecule has 1 saturated heterocycles. The topological polar surface area (TPSA) is 30.5 Å². The van der Waals surface area contributed by atoms with Crippen LogP contribution in [-0.4, -0.2) is 26.4 Å². The van der Waals surface area contributed by atoms with Gasteiger partial charge in [-0.15, -0.1) is 0 Å². The number of rotatable bonds is 3. The highest BCUT2D eigenvalue weighted by molar-refractivity contribution is 5.48. The van der Waals surface area contributed by atoms with Crippen molar-refractivity contribution >= 4 is 5.69 Å². The average Bonchev–Trinajstić information content (AvgIpc) is 2.58. The molecule has 1 aliphatic heterocycles. The molecule has 0 radical (unpaired) electrons. The molecule has 1 unspecified atom stereocenters. The van der Waals surface area contributed by atoms with Gasteiger partial charge in [0.05, 0.1) is 7.11 Å². The SMILES string of the molecule is COc1ccc(NC2CCCOCC2)cc1F. The van der Waals surface area contributed by atoms with Gasteiger partial charge >= 0.3 is 0 Å². The Bertz CT molecular complexity index is 362. The van der Waals surface area contributed by atoms with Crippen LogP contribution in [0.15, 0.2) is 18.2 Å². The van der Waals surface area contributed by atoms with Gasteiger partial charge in [-0.3, -0.25) is 0 Å². The first-order valence-electron chi connectivity index (χ1n) is 5.97. The highest BCUT2D eigenvalue weighted by Crippen LogP contribution is 2.22. The first-order chi connectivity index (χ1) is 8.29. The van der Waals surface area contributed by atoms with Crippen LogP contribution in [0.1, 0.15) is 19.3 Å². The van der Waals surface area contributed by atoms with Crippen molar-refractivity contribution in [3.8, 4) is 5.75 Å². The summed E-state index contributed by atoms with van der Waals surface area (Å²) in [5.74, 6) is -0.0536. The van der Waals surface area contributed by atoms with Gasteiger partial charge in [0.25, 0.3) is 0 Å². The van der Waals surface area contributed by atoms with Crippen molar-refractivity contribution < 1.29 is 13.9 Å². The van der Waals surface area contributed by atoms with Gasteiger partial charge in [0.1, 0.15) is 0 Å². The quantitative estimate of drug-likeness (QED) is 0.879. The van der Waals surface area contributed by atoms with Crippen LogP contribution >= 0.6 is 0 Å². The molecule has 0 spiro atoms. The van der Waals surface area contributed by atoms with Crippen LogP contribution < -0.4 is 10.1 Å². The van der Waals surface area contributed by atoms with Crippen molar-refractivity contribution in [2.45, 2.75) is 25.3 Å². The highest BCUT2D eigenvalue weighted by atomic mass is 19.1. The molecular formula is C13H18FNO2. The summed E-state index contributed by atoms with van der Waals surface area (Å²) < 4.78 is 23.8. The van der Waals surface area contributed by atoms with Gasteiger partial charge < -0.3 is 14.8 Å². The largest absolute Gasteiger partial charge is 0.494 e. The van der Waals surface area contributed by atoms with E-state index in [2.05, 4.69) is 5.32 Å². The molecule has 1 fully saturated rings. The van der Waals surface area contributed by atoms with Gasteiger partial charge in [-0.25, -0.2) is 4.39 Å². The fourth-order valence-electron chi connectivity index (χ4n) is 2.04. The molecule has 0 amide bonds. The summed E-state index contributed by atoms with van der Waals surface area (Å²) in [5, 5.41) is 3.34. The molecule has 0 aromatic heterocycles. The Labute approximate surface area is 101 Å². The fraction of sp³-hybridized carbons (Fsp3) is 0.538. The van der Waals surface area contributed by atoms with E-state index < -0.39 is 0 Å². The Balaban J connectivity index is 1.99. The number of halogens is 1. The predicted octanol–water partition coefficient (Wildman–Crippen LogP) is 2.82. The first-order valence-corrected chi connectivity index (χ1v) is 5.97. The number of nitrogens with one attached hydrogen (secondary N) is 1. The second kappa shape index (κ2) is 5.87. The lowest BCUT2D eigenvalue weighted by molar-refractivity contribution is 0.144. The molecule has 0 saturated carbocycles. The van der Waals surface area contributed by atoms with Crippen LogP contribution in [0.5, 0.6) is 5.75 Å². The van der Waals surface area contributed by atoms with Crippen molar-refractivity contribution in [2.24, 2.45) is 0 Å². The Hall–Kier alpha value is -1.29. The second-order valence-electron chi connectivity index (χ2n) is 4.23. The summed E-state index contributed by atoms with van der Waals surface area (Å²) in [6, 6.07) is 5.33. The maximum absolute atomic E-state index is 13.5. The van der Waals surface area contributed by atoms with Crippen LogP contribution in [-0.2, 0) is 4.74 Å². The van der Waals surface area contributed by atoms with E-state index in [1.54, 1.807) is 6.07 Å². The molecule has 0 bridgehead atoms. The molecule has 1 aliphatic rings. The van der Waals surface area contributed by atoms with Crippen molar-refractivity contribution in [2.75, 3.05) is 25.6 Å². The third-order valence-electron chi connectivity index (χ3n) is 2.97. The minimum absolute atomic E-state index is 0.278. The lowest BCUT2D eigenvalue weighted by atomic mass is 10.1. The summed E-state index contributed by atoms with van der Waals surface area (Å²) in [6.45, 7) is 1.60. The lowest BCUT2D eigenvalue weighted by Gasteiger charge is -2.17. The normalized spacial score (nSPS) is 20.7. The molecule has 3 nitrogen and oxygen atoms in total. The summed E-state index contributed by atoms with van der Waals surface area (Å²) in [5.41, 5.74) is 0.801. The smallest absolute Gasteiger partial charge is 0.167 e. The summed E-state index contributed by atoms with van der Waals surface area (Å²) in [4.78, 5) is 0. The van der Waals surface area contributed by atoms with E-state index in [1.807, 2.05) is 6.07 Å². The van der Waals surface area contributed by atoms with Crippen LogP contribution in [0, 0.1) is 5.82 Å². The van der Waals surface area contributed by atoms with Gasteiger partial charge in [-0.2, -0.15) is 0 Å². The molecule has 4 heteroatoms. The van der Waals surface area contributed by atoms with E-state index >= 15 is 0 Å². The molecule has 1 aromatic rings. The maximum Gasteiger partial charge on any atom is 0.167 e. The Morgan fingerprint density at radius 3 is 3.00 bits per heavy atom. The Morgan fingerprint density at radius 1 is 1.35 bits per heavy atom. The van der Waals surface area contributed by atoms with Crippen LogP contribution in [0.2, 0.25) is 0 Å². The van der Waals surface area contributed by atoms with Crippen molar-refractivity contribution in [1.82, 2.24) is 0 Å². The summed E-state index contributed by atoms with van der Waals surface area (Å²) >= 11 is 0. The van der Waals surface area contributed by atoms with E-state index in [1.165, 1.54) is 13.2 Å². The molecular weight excluding hydrogens is 221 g/mol. The van der Waals surface area contributed by atoms with Crippen molar-refractivity contribution in [3.05, 3.63) is 24.0 Å². The van der Waals surface area contributed by atoms with E-state index in [4.69, 9.17) is 9.47 Å². The van der Waals surface area contributed by atoms with E-state index in [0.29, 0.717) is 6.04 Å². The van der Waals surface area contributed by atoms with Gasteiger partial charge in [-0.1, -0.05) is 0 Å². The van der Waals surface area contributed by atoms with Crippen LogP contribution in [0.3, 0.4) is 0 Å². The lowest BCUT2D eigenvalue weighted by Crippen LogP contribution is -2.19. The summed E-state index contributed by atoms with van der Waals surface area (Å²) in [6.07, 6.45) is 3.08. The molecule has 17 heavy (non-hydrogen) atoms. The zero-order chi connectivity index (χ0) is 12.1. The number of ether oxygens (including phenoxy) is 2. The van der Waals surface area contributed by atoms with Gasteiger partial charge in [-0.05, 0) is 31.4 Å². The molecule has 1 heterocycles. The zero-order valence-electron chi connectivity index (χ0n) is 10.0. The highest BCUT2D eigenvalue weighted by Gasteiger charge is 2.13. The number of hydrogen-bond acceptors (Lipinski definition) is 3. The Kier molecular flexibility index (Phi) is 4.20. The predicted molar refractivity (Wildman–Crippen MR) is 65.0 cm³/mol. The Morgan fingerprint density at radius 2 is 2.24 bits per heavy atom. The van der Waals surface area contributed by atoms with Gasteiger partial charge in [0.2, 0.25) is 0 Å². The van der Waals surface area contributed by atoms with Crippen LogP contribution in [0.4, 0.5) is 10.1 Å². The van der Waals surface area contributed by atoms with Gasteiger partial charge in [0.15, 0.2) is 11.6 Å². The second-order valence-corrected chi connectivity index (χ2v) is 4.23. The third-order valence-corrected chi connectivity index (χ3v) is 2.97. The number of hydrogen-bond donors (Lipinski definition) is 1. The number of anilines is 1. The molecule has 94 valence electrons. The maximum atomic E-state index is 13.5. The summed E-state index contributed by atoms with van der Waals surface area (Å²) in [7, 11) is 1.47. The molecule has 1 N–H and O–H groups in total. The third kappa shape index (κ3) is 3.33. The molecule has 1 atom stereocenters. The van der Waals surface area contributed by atoms with E-state index in [0.717, 1.165) is 38.2 Å². The van der Waals surface area contributed by atoms with E-state index in [-0.39, 0.29) is 11.6 Å². The molecule has 2 rings (SSSR count). The van der Waals surface area contributed by atoms with Crippen molar-refractivity contribution in [1.29, 1.82) is 0 Å². The number of methoxy groups -OCH3 is 1. The standard InChI is InChI=1S/C13H18FNO2/c1-16-13-5-4-11(9-12(13)14)15-10-3-2-7-17-8-6-10/h4-5,9-10,15H,2-3,6-8H2,1H3. The fourth-order valence-corrected chi connectivity index (χ4v) is 2.04. The number of benzene rings is 1. The van der Waals surface area contributed by atoms with Crippen LogP contribution in [0.25, 0.3) is 0 Å². The van der Waals surface area contributed by atoms with Crippen molar-refractivity contribution in [3.63, 3.8) is 0 Å². The van der Waals surface area contributed by atoms with Gasteiger partial charge in [0, 0.05) is 31.0 Å². The zero-order valence-corrected chi connectivity index (χ0v) is 10.0. The molecule has 1 aromatic carbocycles. The monoisotopic (exact) mass is 239 g/mol. The minimum Gasteiger partial charge on any atom is -0.494 e.